The molecule has 94 valence electrons. The van der Waals surface area contributed by atoms with Crippen LogP contribution in [0.25, 0.3) is 0 Å². The zero-order chi connectivity index (χ0) is 12.9. The van der Waals surface area contributed by atoms with Crippen LogP contribution in [0.2, 0.25) is 0 Å². The van der Waals surface area contributed by atoms with E-state index in [4.69, 9.17) is 0 Å². The van der Waals surface area contributed by atoms with Gasteiger partial charge in [0.2, 0.25) is 5.91 Å². The van der Waals surface area contributed by atoms with E-state index in [1.807, 2.05) is 32.9 Å². The second-order valence-corrected chi connectivity index (χ2v) is 5.24. The molecule has 1 aromatic carbocycles. The molecule has 0 heterocycles. The SMILES string of the molecule is CC(C)(C)C(=O)NCCCc1ccccc1O. The first kappa shape index (κ1) is 13.6. The molecule has 0 saturated carbocycles. The molecular weight excluding hydrogens is 214 g/mol. The van der Waals surface area contributed by atoms with Crippen LogP contribution >= 0.6 is 0 Å². The summed E-state index contributed by atoms with van der Waals surface area (Å²) in [6, 6.07) is 7.30. The second-order valence-electron chi connectivity index (χ2n) is 5.24. The van der Waals surface area contributed by atoms with Crippen molar-refractivity contribution in [2.24, 2.45) is 5.41 Å². The molecule has 0 bridgehead atoms. The number of aryl methyl sites for hydroxylation is 1. The Kier molecular flexibility index (Phi) is 4.55. The van der Waals surface area contributed by atoms with Crippen LogP contribution in [-0.4, -0.2) is 17.6 Å². The maximum atomic E-state index is 11.6. The largest absolute Gasteiger partial charge is 0.508 e. The zero-order valence-corrected chi connectivity index (χ0v) is 10.8. The molecule has 0 aliphatic rings. The van der Waals surface area contributed by atoms with Gasteiger partial charge in [0.1, 0.15) is 5.75 Å². The van der Waals surface area contributed by atoms with E-state index in [1.54, 1.807) is 12.1 Å². The predicted octanol–water partition coefficient (Wildman–Crippen LogP) is 2.49. The van der Waals surface area contributed by atoms with E-state index < -0.39 is 0 Å². The van der Waals surface area contributed by atoms with E-state index in [0.717, 1.165) is 18.4 Å². The van der Waals surface area contributed by atoms with Crippen molar-refractivity contribution in [1.82, 2.24) is 5.32 Å². The molecule has 3 heteroatoms. The Morgan fingerprint density at radius 1 is 1.29 bits per heavy atom. The van der Waals surface area contributed by atoms with Gasteiger partial charge in [-0.15, -0.1) is 0 Å². The molecule has 0 unspecified atom stereocenters. The third kappa shape index (κ3) is 4.47. The first-order valence-corrected chi connectivity index (χ1v) is 5.96. The number of phenols is 1. The lowest BCUT2D eigenvalue weighted by Gasteiger charge is -2.17. The van der Waals surface area contributed by atoms with Crippen molar-refractivity contribution >= 4 is 5.91 Å². The van der Waals surface area contributed by atoms with Crippen molar-refractivity contribution in [3.05, 3.63) is 29.8 Å². The lowest BCUT2D eigenvalue weighted by molar-refractivity contribution is -0.128. The highest BCUT2D eigenvalue weighted by molar-refractivity contribution is 5.81. The first-order valence-electron chi connectivity index (χ1n) is 5.96. The summed E-state index contributed by atoms with van der Waals surface area (Å²) in [5, 5.41) is 12.5. The molecule has 0 radical (unpaired) electrons. The minimum Gasteiger partial charge on any atom is -0.508 e. The molecule has 1 aromatic rings. The molecule has 1 rings (SSSR count). The van der Waals surface area contributed by atoms with Gasteiger partial charge in [-0.2, -0.15) is 0 Å². The van der Waals surface area contributed by atoms with Gasteiger partial charge in [0, 0.05) is 12.0 Å². The van der Waals surface area contributed by atoms with Gasteiger partial charge in [0.25, 0.3) is 0 Å². The fourth-order valence-corrected chi connectivity index (χ4v) is 1.47. The summed E-state index contributed by atoms with van der Waals surface area (Å²) in [5.41, 5.74) is 0.590. The van der Waals surface area contributed by atoms with Crippen molar-refractivity contribution in [3.8, 4) is 5.75 Å². The van der Waals surface area contributed by atoms with Crippen molar-refractivity contribution in [2.75, 3.05) is 6.54 Å². The van der Waals surface area contributed by atoms with Crippen LogP contribution in [0.15, 0.2) is 24.3 Å². The molecule has 0 aliphatic carbocycles. The Balaban J connectivity index is 2.30. The van der Waals surface area contributed by atoms with Gasteiger partial charge in [0.05, 0.1) is 0 Å². The lowest BCUT2D eigenvalue weighted by Crippen LogP contribution is -2.35. The number of hydrogen-bond donors (Lipinski definition) is 2. The van der Waals surface area contributed by atoms with Crippen LogP contribution in [0.1, 0.15) is 32.8 Å². The molecule has 3 nitrogen and oxygen atoms in total. The summed E-state index contributed by atoms with van der Waals surface area (Å²) < 4.78 is 0. The summed E-state index contributed by atoms with van der Waals surface area (Å²) in [5.74, 6) is 0.393. The Morgan fingerprint density at radius 3 is 2.53 bits per heavy atom. The molecule has 17 heavy (non-hydrogen) atoms. The summed E-state index contributed by atoms with van der Waals surface area (Å²) in [6.07, 6.45) is 1.61. The highest BCUT2D eigenvalue weighted by Crippen LogP contribution is 2.17. The molecule has 2 N–H and O–H groups in total. The number of benzene rings is 1. The Bertz CT molecular complexity index is 380. The van der Waals surface area contributed by atoms with E-state index in [9.17, 15) is 9.90 Å². The van der Waals surface area contributed by atoms with Gasteiger partial charge in [-0.25, -0.2) is 0 Å². The monoisotopic (exact) mass is 235 g/mol. The van der Waals surface area contributed by atoms with Crippen molar-refractivity contribution in [2.45, 2.75) is 33.6 Å². The summed E-state index contributed by atoms with van der Waals surface area (Å²) >= 11 is 0. The van der Waals surface area contributed by atoms with E-state index >= 15 is 0 Å². The van der Waals surface area contributed by atoms with Crippen molar-refractivity contribution in [3.63, 3.8) is 0 Å². The zero-order valence-electron chi connectivity index (χ0n) is 10.8. The Labute approximate surface area is 103 Å². The van der Waals surface area contributed by atoms with Crippen LogP contribution < -0.4 is 5.32 Å². The van der Waals surface area contributed by atoms with Crippen LogP contribution in [0, 0.1) is 5.41 Å². The number of para-hydroxylation sites is 1. The topological polar surface area (TPSA) is 49.3 Å². The van der Waals surface area contributed by atoms with Crippen molar-refractivity contribution in [1.29, 1.82) is 0 Å². The number of carbonyl (C=O) groups excluding carboxylic acids is 1. The molecule has 0 atom stereocenters. The second kappa shape index (κ2) is 5.71. The maximum Gasteiger partial charge on any atom is 0.225 e. The highest BCUT2D eigenvalue weighted by Gasteiger charge is 2.20. The van der Waals surface area contributed by atoms with E-state index in [1.165, 1.54) is 0 Å². The summed E-state index contributed by atoms with van der Waals surface area (Å²) in [4.78, 5) is 11.6. The number of carbonyl (C=O) groups is 1. The minimum absolute atomic E-state index is 0.0646. The predicted molar refractivity (Wildman–Crippen MR) is 68.9 cm³/mol. The number of hydrogen-bond acceptors (Lipinski definition) is 2. The smallest absolute Gasteiger partial charge is 0.225 e. The van der Waals surface area contributed by atoms with Crippen LogP contribution in [0.4, 0.5) is 0 Å². The third-order valence-electron chi connectivity index (χ3n) is 2.58. The molecule has 0 saturated heterocycles. The molecule has 0 fully saturated rings. The first-order chi connectivity index (χ1) is 7.91. The van der Waals surface area contributed by atoms with E-state index in [0.29, 0.717) is 12.3 Å². The van der Waals surface area contributed by atoms with Crippen LogP contribution in [-0.2, 0) is 11.2 Å². The Hall–Kier alpha value is -1.51. The van der Waals surface area contributed by atoms with Gasteiger partial charge in [0.15, 0.2) is 0 Å². The number of rotatable bonds is 4. The summed E-state index contributed by atoms with van der Waals surface area (Å²) in [6.45, 7) is 6.33. The van der Waals surface area contributed by atoms with Gasteiger partial charge in [-0.3, -0.25) is 4.79 Å². The normalized spacial score (nSPS) is 11.2. The average molecular weight is 235 g/mol. The molecule has 0 aromatic heterocycles. The molecule has 0 spiro atoms. The quantitative estimate of drug-likeness (QED) is 0.788. The van der Waals surface area contributed by atoms with Gasteiger partial charge < -0.3 is 10.4 Å². The number of aromatic hydroxyl groups is 1. The Morgan fingerprint density at radius 2 is 1.94 bits per heavy atom. The number of phenolic OH excluding ortho intramolecular Hbond substituents is 1. The van der Waals surface area contributed by atoms with Crippen molar-refractivity contribution < 1.29 is 9.90 Å². The van der Waals surface area contributed by atoms with Crippen LogP contribution in [0.3, 0.4) is 0 Å². The molecule has 1 amide bonds. The molecule has 0 aliphatic heterocycles. The van der Waals surface area contributed by atoms with Gasteiger partial charge >= 0.3 is 0 Å². The highest BCUT2D eigenvalue weighted by atomic mass is 16.3. The number of nitrogens with one attached hydrogen (secondary N) is 1. The standard InChI is InChI=1S/C14H21NO2/c1-14(2,3)13(17)15-10-6-8-11-7-4-5-9-12(11)16/h4-5,7,9,16H,6,8,10H2,1-3H3,(H,15,17). The molecular formula is C14H21NO2. The van der Waals surface area contributed by atoms with E-state index in [2.05, 4.69) is 5.32 Å². The fraction of sp³-hybridized carbons (Fsp3) is 0.500. The van der Waals surface area contributed by atoms with E-state index in [-0.39, 0.29) is 11.3 Å². The summed E-state index contributed by atoms with van der Waals surface area (Å²) in [7, 11) is 0. The average Bonchev–Trinajstić information content (AvgIpc) is 2.25. The van der Waals surface area contributed by atoms with Crippen LogP contribution in [0.5, 0.6) is 5.75 Å². The third-order valence-corrected chi connectivity index (χ3v) is 2.58. The van der Waals surface area contributed by atoms with Gasteiger partial charge in [-0.05, 0) is 24.5 Å². The number of amides is 1. The fourth-order valence-electron chi connectivity index (χ4n) is 1.47. The van der Waals surface area contributed by atoms with Gasteiger partial charge in [-0.1, -0.05) is 39.0 Å². The lowest BCUT2D eigenvalue weighted by atomic mass is 9.95. The maximum absolute atomic E-state index is 11.6. The minimum atomic E-state index is -0.338.